The molecule has 8 heteroatoms. The molecule has 1 amide bonds. The van der Waals surface area contributed by atoms with Crippen LogP contribution in [0.4, 0.5) is 5.13 Å². The third-order valence-electron chi connectivity index (χ3n) is 6.12. The molecule has 1 atom stereocenters. The van der Waals surface area contributed by atoms with E-state index in [0.717, 1.165) is 41.6 Å². The third-order valence-corrected chi connectivity index (χ3v) is 8.91. The van der Waals surface area contributed by atoms with E-state index in [1.165, 1.54) is 29.0 Å². The second-order valence-corrected chi connectivity index (χ2v) is 11.5. The number of benzene rings is 2. The van der Waals surface area contributed by atoms with Crippen molar-refractivity contribution in [2.45, 2.75) is 57.9 Å². The monoisotopic (exact) mass is 483 g/mol. The molecule has 0 spiro atoms. The predicted molar refractivity (Wildman–Crippen MR) is 133 cm³/mol. The van der Waals surface area contributed by atoms with Crippen molar-refractivity contribution in [1.82, 2.24) is 9.29 Å². The van der Waals surface area contributed by atoms with Gasteiger partial charge in [0.15, 0.2) is 5.13 Å². The number of carbonyl (C=O) groups excluding carboxylic acids is 1. The first-order chi connectivity index (χ1) is 15.7. The number of sulfonamides is 1. The summed E-state index contributed by atoms with van der Waals surface area (Å²) in [5.74, 6) is -0.316. The minimum atomic E-state index is -3.56. The smallest absolute Gasteiger partial charge is 0.257 e. The summed E-state index contributed by atoms with van der Waals surface area (Å²) in [4.78, 5) is 17.6. The van der Waals surface area contributed by atoms with E-state index in [9.17, 15) is 13.2 Å². The summed E-state index contributed by atoms with van der Waals surface area (Å²) in [5.41, 5.74) is 5.81. The Kier molecular flexibility index (Phi) is 6.70. The van der Waals surface area contributed by atoms with Crippen molar-refractivity contribution in [1.29, 1.82) is 0 Å². The second kappa shape index (κ2) is 9.37. The number of carbonyl (C=O) groups is 1. The normalized spacial score (nSPS) is 17.2. The third kappa shape index (κ3) is 4.88. The zero-order valence-electron chi connectivity index (χ0n) is 19.4. The zero-order valence-corrected chi connectivity index (χ0v) is 21.0. The van der Waals surface area contributed by atoms with Gasteiger partial charge in [-0.3, -0.25) is 10.1 Å². The molecule has 2 aromatic carbocycles. The van der Waals surface area contributed by atoms with Crippen LogP contribution in [0.15, 0.2) is 46.7 Å². The molecule has 174 valence electrons. The predicted octanol–water partition coefficient (Wildman–Crippen LogP) is 5.55. The average molecular weight is 484 g/mol. The highest BCUT2D eigenvalue weighted by Crippen LogP contribution is 2.31. The van der Waals surface area contributed by atoms with Gasteiger partial charge in [-0.15, -0.1) is 11.3 Å². The number of hydrogen-bond acceptors (Lipinski definition) is 5. The van der Waals surface area contributed by atoms with Crippen molar-refractivity contribution < 1.29 is 13.2 Å². The van der Waals surface area contributed by atoms with Crippen LogP contribution in [-0.2, 0) is 10.0 Å². The maximum absolute atomic E-state index is 13.0. The highest BCUT2D eigenvalue weighted by Gasteiger charge is 2.31. The molecule has 1 N–H and O–H groups in total. The van der Waals surface area contributed by atoms with Gasteiger partial charge in [-0.25, -0.2) is 13.4 Å². The Bertz CT molecular complexity index is 1260. The van der Waals surface area contributed by atoms with Crippen LogP contribution in [0, 0.1) is 20.8 Å². The van der Waals surface area contributed by atoms with E-state index < -0.39 is 10.0 Å². The second-order valence-electron chi connectivity index (χ2n) is 8.75. The largest absolute Gasteiger partial charge is 0.298 e. The summed E-state index contributed by atoms with van der Waals surface area (Å²) in [6.45, 7) is 8.68. The fourth-order valence-electron chi connectivity index (χ4n) is 4.54. The van der Waals surface area contributed by atoms with Crippen LogP contribution in [0.5, 0.6) is 0 Å². The molecular formula is C25H29N3O3S2. The van der Waals surface area contributed by atoms with Crippen LogP contribution < -0.4 is 5.32 Å². The molecule has 1 aliphatic heterocycles. The molecule has 33 heavy (non-hydrogen) atoms. The Labute approximate surface area is 199 Å². The van der Waals surface area contributed by atoms with Gasteiger partial charge in [-0.05, 0) is 75.9 Å². The van der Waals surface area contributed by atoms with Gasteiger partial charge in [0.05, 0.1) is 10.6 Å². The molecule has 1 aliphatic rings. The van der Waals surface area contributed by atoms with Crippen molar-refractivity contribution in [3.05, 3.63) is 64.0 Å². The quantitative estimate of drug-likeness (QED) is 0.516. The molecule has 0 radical (unpaired) electrons. The van der Waals surface area contributed by atoms with Crippen molar-refractivity contribution in [3.63, 3.8) is 0 Å². The lowest BCUT2D eigenvalue weighted by Gasteiger charge is -2.32. The summed E-state index contributed by atoms with van der Waals surface area (Å²) in [6, 6.07) is 10.4. The highest BCUT2D eigenvalue weighted by molar-refractivity contribution is 7.89. The van der Waals surface area contributed by atoms with Crippen LogP contribution in [0.25, 0.3) is 11.3 Å². The minimum absolute atomic E-state index is 0.00775. The number of rotatable bonds is 5. The standard InChI is InChI=1S/C25H29N3O3S2/c1-16-13-17(2)23(18(3)14-16)22-15-32-25(26-22)27-24(29)20-8-10-21(11-9-20)33(30,31)28-12-6-5-7-19(28)4/h8-11,13-15,19H,5-7,12H2,1-4H3,(H,26,27,29). The van der Waals surface area contributed by atoms with Crippen molar-refractivity contribution in [2.75, 3.05) is 11.9 Å². The Balaban J connectivity index is 1.49. The maximum atomic E-state index is 13.0. The van der Waals surface area contributed by atoms with Gasteiger partial charge in [0.25, 0.3) is 5.91 Å². The number of aromatic nitrogens is 1. The molecule has 4 rings (SSSR count). The molecule has 1 fully saturated rings. The Morgan fingerprint density at radius 3 is 2.39 bits per heavy atom. The zero-order chi connectivity index (χ0) is 23.8. The molecule has 3 aromatic rings. The van der Waals surface area contributed by atoms with E-state index >= 15 is 0 Å². The molecule has 0 saturated carbocycles. The summed E-state index contributed by atoms with van der Waals surface area (Å²) in [6.07, 6.45) is 2.80. The van der Waals surface area contributed by atoms with Gasteiger partial charge in [0, 0.05) is 29.1 Å². The summed E-state index contributed by atoms with van der Waals surface area (Å²) < 4.78 is 27.6. The first kappa shape index (κ1) is 23.6. The van der Waals surface area contributed by atoms with E-state index in [1.807, 2.05) is 12.3 Å². The van der Waals surface area contributed by atoms with Crippen LogP contribution in [0.2, 0.25) is 0 Å². The van der Waals surface area contributed by atoms with Gasteiger partial charge in [0.2, 0.25) is 10.0 Å². The average Bonchev–Trinajstić information content (AvgIpc) is 3.21. The molecule has 0 aliphatic carbocycles. The highest BCUT2D eigenvalue weighted by atomic mass is 32.2. The number of piperidine rings is 1. The van der Waals surface area contributed by atoms with Crippen molar-refractivity contribution >= 4 is 32.4 Å². The molecule has 1 unspecified atom stereocenters. The number of thiazole rings is 1. The van der Waals surface area contributed by atoms with Crippen LogP contribution >= 0.6 is 11.3 Å². The fraction of sp³-hybridized carbons (Fsp3) is 0.360. The number of nitrogens with zero attached hydrogens (tertiary/aromatic N) is 2. The summed E-state index contributed by atoms with van der Waals surface area (Å²) in [7, 11) is -3.56. The maximum Gasteiger partial charge on any atom is 0.257 e. The first-order valence-electron chi connectivity index (χ1n) is 11.1. The van der Waals surface area contributed by atoms with Gasteiger partial charge >= 0.3 is 0 Å². The topological polar surface area (TPSA) is 79.4 Å². The van der Waals surface area contributed by atoms with Gasteiger partial charge in [-0.1, -0.05) is 24.1 Å². The lowest BCUT2D eigenvalue weighted by molar-refractivity contribution is 0.102. The van der Waals surface area contributed by atoms with E-state index in [0.29, 0.717) is 17.2 Å². The Hall–Kier alpha value is -2.55. The van der Waals surface area contributed by atoms with Crippen LogP contribution in [0.1, 0.15) is 53.2 Å². The summed E-state index contributed by atoms with van der Waals surface area (Å²) >= 11 is 1.37. The fourth-order valence-corrected chi connectivity index (χ4v) is 6.94. The number of amides is 1. The number of anilines is 1. The van der Waals surface area contributed by atoms with E-state index in [1.54, 1.807) is 16.4 Å². The van der Waals surface area contributed by atoms with E-state index in [-0.39, 0.29) is 16.8 Å². The van der Waals surface area contributed by atoms with Crippen LogP contribution in [-0.4, -0.2) is 36.2 Å². The Morgan fingerprint density at radius 1 is 1.09 bits per heavy atom. The minimum Gasteiger partial charge on any atom is -0.298 e. The van der Waals surface area contributed by atoms with Crippen molar-refractivity contribution in [3.8, 4) is 11.3 Å². The molecule has 1 aromatic heterocycles. The molecular weight excluding hydrogens is 454 g/mol. The van der Waals surface area contributed by atoms with E-state index in [4.69, 9.17) is 0 Å². The number of hydrogen-bond donors (Lipinski definition) is 1. The molecule has 2 heterocycles. The lowest BCUT2D eigenvalue weighted by atomic mass is 9.98. The first-order valence-corrected chi connectivity index (χ1v) is 13.5. The van der Waals surface area contributed by atoms with Gasteiger partial charge in [0.1, 0.15) is 0 Å². The number of aryl methyl sites for hydroxylation is 3. The van der Waals surface area contributed by atoms with Gasteiger partial charge < -0.3 is 0 Å². The molecule has 1 saturated heterocycles. The Morgan fingerprint density at radius 2 is 1.76 bits per heavy atom. The van der Waals surface area contributed by atoms with Crippen LogP contribution in [0.3, 0.4) is 0 Å². The number of nitrogens with one attached hydrogen (secondary N) is 1. The molecule has 6 nitrogen and oxygen atoms in total. The summed E-state index contributed by atoms with van der Waals surface area (Å²) in [5, 5.41) is 5.28. The van der Waals surface area contributed by atoms with Crippen molar-refractivity contribution in [2.24, 2.45) is 0 Å². The SMILES string of the molecule is Cc1cc(C)c(-c2csc(NC(=O)c3ccc(S(=O)(=O)N4CCCCC4C)cc3)n2)c(C)c1. The lowest BCUT2D eigenvalue weighted by Crippen LogP contribution is -2.41. The molecule has 0 bridgehead atoms. The van der Waals surface area contributed by atoms with Gasteiger partial charge in [-0.2, -0.15) is 4.31 Å². The van der Waals surface area contributed by atoms with E-state index in [2.05, 4.69) is 43.2 Å².